The molecule has 11 heteroatoms. The van der Waals surface area contributed by atoms with Crippen LogP contribution in [-0.4, -0.2) is 54.7 Å². The van der Waals surface area contributed by atoms with Crippen molar-refractivity contribution in [2.75, 3.05) is 13.1 Å². The maximum atomic E-state index is 12.7. The number of benzene rings is 2. The first-order valence-electron chi connectivity index (χ1n) is 13.8. The largest absolute Gasteiger partial charge is 0.360 e. The van der Waals surface area contributed by atoms with E-state index >= 15 is 0 Å². The zero-order valence-electron chi connectivity index (χ0n) is 22.9. The number of likely N-dealkylation sites (tertiary alicyclic amines) is 1. The number of nitrogens with zero attached hydrogens (tertiary/aromatic N) is 6. The van der Waals surface area contributed by atoms with Crippen LogP contribution in [-0.2, 0) is 11.2 Å². The number of thiophene rings is 1. The number of carbonyl (C=O) groups is 1. The van der Waals surface area contributed by atoms with Crippen molar-refractivity contribution in [1.29, 1.82) is 0 Å². The number of hydrogen-bond donors (Lipinski definition) is 1. The minimum atomic E-state index is 0.214. The van der Waals surface area contributed by atoms with Crippen LogP contribution in [0.3, 0.4) is 0 Å². The van der Waals surface area contributed by atoms with E-state index in [0.717, 1.165) is 80.8 Å². The molecule has 1 aliphatic heterocycles. The van der Waals surface area contributed by atoms with E-state index in [2.05, 4.69) is 43.3 Å². The number of piperidine rings is 1. The van der Waals surface area contributed by atoms with E-state index in [1.807, 2.05) is 65.7 Å². The molecule has 0 atom stereocenters. The van der Waals surface area contributed by atoms with Gasteiger partial charge in [-0.15, -0.1) is 32.9 Å². The Labute approximate surface area is 250 Å². The van der Waals surface area contributed by atoms with Gasteiger partial charge < -0.3 is 9.42 Å². The summed E-state index contributed by atoms with van der Waals surface area (Å²) in [7, 11) is 0. The fourth-order valence-electron chi connectivity index (χ4n) is 5.45. The van der Waals surface area contributed by atoms with Gasteiger partial charge in [0.15, 0.2) is 0 Å². The molecule has 1 fully saturated rings. The molecule has 0 aliphatic carbocycles. The molecular formula is C31H27N7O2S2. The molecule has 4 aromatic heterocycles. The Kier molecular flexibility index (Phi) is 7.18. The van der Waals surface area contributed by atoms with Gasteiger partial charge in [-0.1, -0.05) is 53.7 Å². The summed E-state index contributed by atoms with van der Waals surface area (Å²) in [6.45, 7) is 3.47. The summed E-state index contributed by atoms with van der Waals surface area (Å²) in [5, 5.41) is 23.9. The molecule has 6 aromatic rings. The Hall–Kier alpha value is -4.48. The molecule has 1 N–H and O–H groups in total. The molecule has 0 unspecified atom stereocenters. The summed E-state index contributed by atoms with van der Waals surface area (Å²) >= 11 is 3.32. The summed E-state index contributed by atoms with van der Waals surface area (Å²) in [6, 6.07) is 20.4. The van der Waals surface area contributed by atoms with Gasteiger partial charge in [0, 0.05) is 40.4 Å². The molecular weight excluding hydrogens is 567 g/mol. The van der Waals surface area contributed by atoms with Crippen molar-refractivity contribution in [2.45, 2.75) is 32.1 Å². The number of nitrogens with one attached hydrogen (secondary N) is 1. The van der Waals surface area contributed by atoms with Crippen LogP contribution in [0.1, 0.15) is 34.4 Å². The van der Waals surface area contributed by atoms with Crippen molar-refractivity contribution < 1.29 is 9.32 Å². The van der Waals surface area contributed by atoms with Crippen molar-refractivity contribution in [3.8, 4) is 45.0 Å². The molecule has 2 aromatic carbocycles. The van der Waals surface area contributed by atoms with Crippen LogP contribution in [0.5, 0.6) is 0 Å². The third-order valence-corrected chi connectivity index (χ3v) is 9.58. The Balaban J connectivity index is 1.08. The van der Waals surface area contributed by atoms with Crippen LogP contribution in [0, 0.1) is 6.92 Å². The Morgan fingerprint density at radius 3 is 2.57 bits per heavy atom. The van der Waals surface area contributed by atoms with Gasteiger partial charge in [-0.05, 0) is 53.6 Å². The molecule has 5 heterocycles. The molecule has 210 valence electrons. The number of aromatic nitrogens is 6. The molecule has 7 rings (SSSR count). The number of aryl methyl sites for hydroxylation is 1. The number of amides is 1. The van der Waals surface area contributed by atoms with Gasteiger partial charge in [0.1, 0.15) is 11.5 Å². The second kappa shape index (κ2) is 11.4. The van der Waals surface area contributed by atoms with Crippen LogP contribution in [0.15, 0.2) is 75.9 Å². The normalized spacial score (nSPS) is 14.0. The average molecular weight is 594 g/mol. The number of aromatic amines is 1. The lowest BCUT2D eigenvalue weighted by atomic mass is 9.97. The summed E-state index contributed by atoms with van der Waals surface area (Å²) in [6.07, 6.45) is 2.34. The summed E-state index contributed by atoms with van der Waals surface area (Å²) < 4.78 is 5.69. The minimum absolute atomic E-state index is 0.214. The van der Waals surface area contributed by atoms with Crippen molar-refractivity contribution >= 4 is 28.6 Å². The average Bonchev–Trinajstić information content (AvgIpc) is 3.86. The lowest BCUT2D eigenvalue weighted by molar-refractivity contribution is -0.131. The monoisotopic (exact) mass is 593 g/mol. The predicted molar refractivity (Wildman–Crippen MR) is 163 cm³/mol. The van der Waals surface area contributed by atoms with Crippen molar-refractivity contribution in [3.05, 3.63) is 87.1 Å². The zero-order chi connectivity index (χ0) is 28.5. The third kappa shape index (κ3) is 5.28. The molecule has 0 spiro atoms. The van der Waals surface area contributed by atoms with Crippen LogP contribution in [0.4, 0.5) is 0 Å². The molecule has 42 heavy (non-hydrogen) atoms. The Morgan fingerprint density at radius 1 is 1.00 bits per heavy atom. The van der Waals surface area contributed by atoms with Gasteiger partial charge >= 0.3 is 0 Å². The number of tetrazole rings is 1. The first kappa shape index (κ1) is 26.4. The SMILES string of the molecule is Cc1onc(-c2cccc(-c3ccc(-c4nn[nH]n4)cc3)c2)c1-c1csc(C2CCN(C(=O)Cc3cccs3)CC2)n1. The van der Waals surface area contributed by atoms with E-state index in [-0.39, 0.29) is 5.91 Å². The van der Waals surface area contributed by atoms with Gasteiger partial charge in [-0.3, -0.25) is 4.79 Å². The third-order valence-electron chi connectivity index (χ3n) is 7.70. The lowest BCUT2D eigenvalue weighted by Crippen LogP contribution is -2.38. The van der Waals surface area contributed by atoms with Gasteiger partial charge in [-0.25, -0.2) is 4.98 Å². The maximum absolute atomic E-state index is 12.7. The second-order valence-electron chi connectivity index (χ2n) is 10.3. The summed E-state index contributed by atoms with van der Waals surface area (Å²) in [4.78, 5) is 20.9. The van der Waals surface area contributed by atoms with Crippen molar-refractivity contribution in [3.63, 3.8) is 0 Å². The minimum Gasteiger partial charge on any atom is -0.360 e. The molecule has 1 amide bonds. The Bertz CT molecular complexity index is 1800. The van der Waals surface area contributed by atoms with E-state index < -0.39 is 0 Å². The number of carbonyl (C=O) groups excluding carboxylic acids is 1. The van der Waals surface area contributed by atoms with Gasteiger partial charge in [0.2, 0.25) is 11.7 Å². The molecule has 0 saturated carbocycles. The standard InChI is InChI=1S/C31H27N7O2S2/c1-19-28(26-18-42-31(32-26)22-11-13-38(14-12-22)27(39)17-25-6-3-15-41-25)29(35-40-19)24-5-2-4-23(16-24)20-7-9-21(10-8-20)30-33-36-37-34-30/h2-10,15-16,18,22H,11-14,17H2,1H3,(H,33,34,36,37). The van der Waals surface area contributed by atoms with E-state index in [0.29, 0.717) is 18.2 Å². The highest BCUT2D eigenvalue weighted by atomic mass is 32.1. The highest BCUT2D eigenvalue weighted by molar-refractivity contribution is 7.10. The fraction of sp³-hybridized carbons (Fsp3) is 0.226. The highest BCUT2D eigenvalue weighted by Gasteiger charge is 2.27. The van der Waals surface area contributed by atoms with Crippen LogP contribution in [0.25, 0.3) is 45.0 Å². The number of rotatable bonds is 7. The summed E-state index contributed by atoms with van der Waals surface area (Å²) in [5.74, 6) is 1.86. The van der Waals surface area contributed by atoms with Crippen molar-refractivity contribution in [1.82, 2.24) is 35.7 Å². The molecule has 1 aliphatic rings. The lowest BCUT2D eigenvalue weighted by Gasteiger charge is -2.31. The smallest absolute Gasteiger partial charge is 0.227 e. The molecule has 1 saturated heterocycles. The fourth-order valence-corrected chi connectivity index (χ4v) is 7.13. The summed E-state index contributed by atoms with van der Waals surface area (Å²) in [5.41, 5.74) is 6.59. The van der Waals surface area contributed by atoms with E-state index in [1.54, 1.807) is 22.7 Å². The van der Waals surface area contributed by atoms with Gasteiger partial charge in [-0.2, -0.15) is 5.21 Å². The number of H-pyrrole nitrogens is 1. The number of hydrogen-bond acceptors (Lipinski definition) is 9. The zero-order valence-corrected chi connectivity index (χ0v) is 24.5. The molecule has 0 radical (unpaired) electrons. The Morgan fingerprint density at radius 2 is 1.81 bits per heavy atom. The van der Waals surface area contributed by atoms with Crippen LogP contribution >= 0.6 is 22.7 Å². The van der Waals surface area contributed by atoms with E-state index in [4.69, 9.17) is 9.51 Å². The van der Waals surface area contributed by atoms with E-state index in [1.165, 1.54) is 0 Å². The maximum Gasteiger partial charge on any atom is 0.227 e. The van der Waals surface area contributed by atoms with Gasteiger partial charge in [0.25, 0.3) is 0 Å². The van der Waals surface area contributed by atoms with Crippen LogP contribution in [0.2, 0.25) is 0 Å². The van der Waals surface area contributed by atoms with Crippen molar-refractivity contribution in [2.24, 2.45) is 0 Å². The highest BCUT2D eigenvalue weighted by Crippen LogP contribution is 2.39. The first-order chi connectivity index (χ1) is 20.6. The molecule has 9 nitrogen and oxygen atoms in total. The van der Waals surface area contributed by atoms with E-state index in [9.17, 15) is 4.79 Å². The number of thiazole rings is 1. The van der Waals surface area contributed by atoms with Crippen LogP contribution < -0.4 is 0 Å². The van der Waals surface area contributed by atoms with Gasteiger partial charge in [0.05, 0.1) is 22.7 Å². The first-order valence-corrected chi connectivity index (χ1v) is 15.6. The second-order valence-corrected chi connectivity index (χ2v) is 12.3. The topological polar surface area (TPSA) is 114 Å². The predicted octanol–water partition coefficient (Wildman–Crippen LogP) is 6.63. The molecule has 0 bridgehead atoms. The quantitative estimate of drug-likeness (QED) is 0.221.